The maximum absolute atomic E-state index is 10.9. The minimum Gasteiger partial charge on any atom is -0.484 e. The van der Waals surface area contributed by atoms with Crippen LogP contribution in [0.4, 0.5) is 10.5 Å². The van der Waals surface area contributed by atoms with Gasteiger partial charge in [0.1, 0.15) is 11.4 Å². The van der Waals surface area contributed by atoms with Gasteiger partial charge in [0, 0.05) is 5.56 Å². The molecule has 1 unspecified atom stereocenters. The van der Waals surface area contributed by atoms with Crippen molar-refractivity contribution in [2.45, 2.75) is 38.5 Å². The molecule has 20 heavy (non-hydrogen) atoms. The number of rotatable bonds is 4. The molecule has 1 heterocycles. The summed E-state index contributed by atoms with van der Waals surface area (Å²) in [6.45, 7) is 8.49. The van der Waals surface area contributed by atoms with E-state index in [0.29, 0.717) is 17.4 Å². The second-order valence-corrected chi connectivity index (χ2v) is 7.10. The number of fused-ring (bicyclic) bond motifs is 1. The third-order valence-electron chi connectivity index (χ3n) is 3.16. The number of para-hydroxylation sites is 1. The van der Waals surface area contributed by atoms with Crippen LogP contribution in [-0.4, -0.2) is 22.6 Å². The summed E-state index contributed by atoms with van der Waals surface area (Å²) in [5.74, 6) is 2.33. The Labute approximate surface area is 123 Å². The molecule has 0 aromatic heterocycles. The standard InChI is InChI=1S/C15H21NO3S/c1-9(2)8-20-13-10-6-5-7-11(16-14(17)18)12(10)19-15(13,3)4/h5-7,9,13,16H,8H2,1-4H3,(H,17,18). The third kappa shape index (κ3) is 3.03. The zero-order chi connectivity index (χ0) is 14.9. The van der Waals surface area contributed by atoms with E-state index in [4.69, 9.17) is 9.84 Å². The minimum absolute atomic E-state index is 0.218. The maximum Gasteiger partial charge on any atom is 0.409 e. The zero-order valence-electron chi connectivity index (χ0n) is 12.3. The summed E-state index contributed by atoms with van der Waals surface area (Å²) in [6, 6.07) is 5.63. The van der Waals surface area contributed by atoms with Crippen molar-refractivity contribution in [1.82, 2.24) is 0 Å². The molecule has 0 fully saturated rings. The molecule has 4 nitrogen and oxygen atoms in total. The molecule has 0 saturated carbocycles. The number of benzene rings is 1. The van der Waals surface area contributed by atoms with Gasteiger partial charge in [-0.15, -0.1) is 11.8 Å². The molecular weight excluding hydrogens is 274 g/mol. The summed E-state index contributed by atoms with van der Waals surface area (Å²) in [5, 5.41) is 11.5. The van der Waals surface area contributed by atoms with E-state index in [9.17, 15) is 4.79 Å². The van der Waals surface area contributed by atoms with Gasteiger partial charge in [-0.05, 0) is 31.6 Å². The Balaban J connectivity index is 2.32. The Bertz CT molecular complexity index is 514. The molecule has 0 aliphatic carbocycles. The van der Waals surface area contributed by atoms with Crippen molar-refractivity contribution in [3.63, 3.8) is 0 Å². The highest BCUT2D eigenvalue weighted by molar-refractivity contribution is 7.99. The van der Waals surface area contributed by atoms with Gasteiger partial charge in [-0.3, -0.25) is 5.32 Å². The summed E-state index contributed by atoms with van der Waals surface area (Å²) < 4.78 is 6.02. The summed E-state index contributed by atoms with van der Waals surface area (Å²) in [7, 11) is 0. The van der Waals surface area contributed by atoms with Gasteiger partial charge in [-0.25, -0.2) is 4.79 Å². The molecule has 1 aliphatic rings. The van der Waals surface area contributed by atoms with Gasteiger partial charge >= 0.3 is 6.09 Å². The van der Waals surface area contributed by atoms with Gasteiger partial charge in [0.2, 0.25) is 0 Å². The van der Waals surface area contributed by atoms with Gasteiger partial charge in [0.05, 0.1) is 10.9 Å². The topological polar surface area (TPSA) is 58.6 Å². The van der Waals surface area contributed by atoms with E-state index in [1.165, 1.54) is 0 Å². The fraction of sp³-hybridized carbons (Fsp3) is 0.533. The predicted molar refractivity (Wildman–Crippen MR) is 82.8 cm³/mol. The number of anilines is 1. The van der Waals surface area contributed by atoms with Gasteiger partial charge in [-0.2, -0.15) is 0 Å². The first-order chi connectivity index (χ1) is 9.31. The zero-order valence-corrected chi connectivity index (χ0v) is 13.1. The highest BCUT2D eigenvalue weighted by atomic mass is 32.2. The fourth-order valence-corrected chi connectivity index (χ4v) is 3.75. The molecule has 1 aromatic carbocycles. The number of thioether (sulfide) groups is 1. The molecule has 5 heteroatoms. The Morgan fingerprint density at radius 2 is 2.20 bits per heavy atom. The lowest BCUT2D eigenvalue weighted by Gasteiger charge is -2.26. The molecule has 2 N–H and O–H groups in total. The van der Waals surface area contributed by atoms with Crippen LogP contribution in [0.1, 0.15) is 38.5 Å². The molecule has 1 amide bonds. The number of nitrogens with one attached hydrogen (secondary N) is 1. The normalized spacial score (nSPS) is 19.6. The fourth-order valence-electron chi connectivity index (χ4n) is 2.36. The first-order valence-corrected chi connectivity index (χ1v) is 7.79. The SMILES string of the molecule is CC(C)CSC1c2cccc(NC(=O)O)c2OC1(C)C. The lowest BCUT2D eigenvalue weighted by molar-refractivity contribution is 0.136. The smallest absolute Gasteiger partial charge is 0.409 e. The van der Waals surface area contributed by atoms with E-state index in [-0.39, 0.29) is 10.9 Å². The highest BCUT2D eigenvalue weighted by Crippen LogP contribution is 2.53. The molecule has 2 rings (SSSR count). The molecule has 110 valence electrons. The Kier molecular flexibility index (Phi) is 4.18. The minimum atomic E-state index is -1.07. The van der Waals surface area contributed by atoms with Crippen molar-refractivity contribution >= 4 is 23.5 Å². The Hall–Kier alpha value is -1.36. The van der Waals surface area contributed by atoms with Crippen molar-refractivity contribution in [1.29, 1.82) is 0 Å². The highest BCUT2D eigenvalue weighted by Gasteiger charge is 2.42. The molecule has 0 saturated heterocycles. The number of carboxylic acid groups (broad SMARTS) is 1. The second-order valence-electron chi connectivity index (χ2n) is 5.97. The van der Waals surface area contributed by atoms with Crippen molar-refractivity contribution < 1.29 is 14.6 Å². The lowest BCUT2D eigenvalue weighted by atomic mass is 10.0. The van der Waals surface area contributed by atoms with E-state index < -0.39 is 6.09 Å². The average molecular weight is 295 g/mol. The monoisotopic (exact) mass is 295 g/mol. The number of ether oxygens (including phenoxy) is 1. The summed E-state index contributed by atoms with van der Waals surface area (Å²) in [5.41, 5.74) is 1.26. The van der Waals surface area contributed by atoms with Crippen LogP contribution in [0, 0.1) is 5.92 Å². The average Bonchev–Trinajstić information content (AvgIpc) is 2.57. The van der Waals surface area contributed by atoms with Crippen molar-refractivity contribution in [3.8, 4) is 5.75 Å². The molecule has 0 radical (unpaired) electrons. The number of hydrogen-bond donors (Lipinski definition) is 2. The van der Waals surface area contributed by atoms with Crippen LogP contribution in [0.5, 0.6) is 5.75 Å². The summed E-state index contributed by atoms with van der Waals surface area (Å²) in [4.78, 5) is 10.9. The largest absolute Gasteiger partial charge is 0.484 e. The van der Waals surface area contributed by atoms with Crippen LogP contribution in [0.2, 0.25) is 0 Å². The van der Waals surface area contributed by atoms with E-state index >= 15 is 0 Å². The van der Waals surface area contributed by atoms with Crippen molar-refractivity contribution in [2.24, 2.45) is 5.92 Å². The predicted octanol–water partition coefficient (Wildman–Crippen LogP) is 4.38. The van der Waals surface area contributed by atoms with Gasteiger partial charge in [0.25, 0.3) is 0 Å². The molecule has 0 bridgehead atoms. The van der Waals surface area contributed by atoms with Crippen LogP contribution in [0.3, 0.4) is 0 Å². The number of hydrogen-bond acceptors (Lipinski definition) is 3. The quantitative estimate of drug-likeness (QED) is 0.865. The Morgan fingerprint density at radius 3 is 2.80 bits per heavy atom. The van der Waals surface area contributed by atoms with Crippen LogP contribution in [0.15, 0.2) is 18.2 Å². The van der Waals surface area contributed by atoms with Gasteiger partial charge < -0.3 is 9.84 Å². The van der Waals surface area contributed by atoms with E-state index in [1.54, 1.807) is 6.07 Å². The van der Waals surface area contributed by atoms with Crippen LogP contribution in [0.25, 0.3) is 0 Å². The summed E-state index contributed by atoms with van der Waals surface area (Å²) >= 11 is 1.87. The van der Waals surface area contributed by atoms with E-state index in [1.807, 2.05) is 23.9 Å². The molecule has 0 spiro atoms. The number of carbonyl (C=O) groups is 1. The van der Waals surface area contributed by atoms with Gasteiger partial charge in [-0.1, -0.05) is 26.0 Å². The first kappa shape index (κ1) is 15.0. The van der Waals surface area contributed by atoms with Crippen LogP contribution in [-0.2, 0) is 0 Å². The third-order valence-corrected chi connectivity index (χ3v) is 5.18. The van der Waals surface area contributed by atoms with E-state index in [0.717, 1.165) is 11.3 Å². The second kappa shape index (κ2) is 5.56. The van der Waals surface area contributed by atoms with E-state index in [2.05, 4.69) is 33.0 Å². The number of amides is 1. The lowest BCUT2D eigenvalue weighted by Crippen LogP contribution is -2.29. The summed E-state index contributed by atoms with van der Waals surface area (Å²) in [6.07, 6.45) is -1.07. The van der Waals surface area contributed by atoms with Crippen molar-refractivity contribution in [2.75, 3.05) is 11.1 Å². The molecule has 1 aromatic rings. The van der Waals surface area contributed by atoms with Crippen LogP contribution >= 0.6 is 11.8 Å². The Morgan fingerprint density at radius 1 is 1.50 bits per heavy atom. The van der Waals surface area contributed by atoms with Gasteiger partial charge in [0.15, 0.2) is 0 Å². The molecule has 1 aliphatic heterocycles. The van der Waals surface area contributed by atoms with Crippen molar-refractivity contribution in [3.05, 3.63) is 23.8 Å². The first-order valence-electron chi connectivity index (χ1n) is 6.74. The molecule has 1 atom stereocenters. The molecular formula is C15H21NO3S. The maximum atomic E-state index is 10.9. The van der Waals surface area contributed by atoms with Crippen LogP contribution < -0.4 is 10.1 Å².